The van der Waals surface area contributed by atoms with Crippen LogP contribution in [0.4, 0.5) is 0 Å². The van der Waals surface area contributed by atoms with Gasteiger partial charge >= 0.3 is 0 Å². The fraction of sp³-hybridized carbons (Fsp3) is 0.222. The summed E-state index contributed by atoms with van der Waals surface area (Å²) in [7, 11) is 0. The molecule has 5 rings (SSSR count). The molecular weight excluding hydrogens is 428 g/mol. The van der Waals surface area contributed by atoms with E-state index in [-0.39, 0.29) is 11.6 Å². The number of benzene rings is 2. The van der Waals surface area contributed by atoms with Crippen LogP contribution in [-0.4, -0.2) is 19.5 Å². The van der Waals surface area contributed by atoms with Crippen LogP contribution >= 0.6 is 11.3 Å². The number of aryl methyl sites for hydroxylation is 1. The largest absolute Gasteiger partial charge is 0.312 e. The quantitative estimate of drug-likeness (QED) is 0.312. The zero-order valence-electron chi connectivity index (χ0n) is 18.6. The minimum absolute atomic E-state index is 0.180. The van der Waals surface area contributed by atoms with Crippen molar-refractivity contribution in [2.75, 3.05) is 0 Å². The van der Waals surface area contributed by atoms with Crippen molar-refractivity contribution >= 4 is 22.5 Å². The first kappa shape index (κ1) is 21.3. The molecule has 0 saturated carbocycles. The summed E-state index contributed by atoms with van der Waals surface area (Å²) in [4.78, 5) is 24.7. The Kier molecular flexibility index (Phi) is 6.17. The molecule has 5 aromatic rings. The van der Waals surface area contributed by atoms with E-state index in [4.69, 9.17) is 4.98 Å². The summed E-state index contributed by atoms with van der Waals surface area (Å²) in [6.45, 7) is 2.16. The van der Waals surface area contributed by atoms with Gasteiger partial charge in [0.25, 0.3) is 5.56 Å². The molecule has 2 aromatic carbocycles. The van der Waals surface area contributed by atoms with Crippen LogP contribution in [-0.2, 0) is 12.8 Å². The summed E-state index contributed by atoms with van der Waals surface area (Å²) >= 11 is 1.69. The van der Waals surface area contributed by atoms with E-state index in [1.807, 2.05) is 10.6 Å². The molecule has 0 fully saturated rings. The van der Waals surface area contributed by atoms with E-state index >= 15 is 0 Å². The van der Waals surface area contributed by atoms with Crippen molar-refractivity contribution in [2.45, 2.75) is 38.6 Å². The third-order valence-electron chi connectivity index (χ3n) is 6.07. The average Bonchev–Trinajstić information content (AvgIpc) is 3.51. The summed E-state index contributed by atoms with van der Waals surface area (Å²) < 4.78 is 2.04. The Balaban J connectivity index is 1.32. The summed E-state index contributed by atoms with van der Waals surface area (Å²) in [5.41, 5.74) is 5.77. The zero-order valence-corrected chi connectivity index (χ0v) is 19.4. The van der Waals surface area contributed by atoms with Crippen LogP contribution in [0.5, 0.6) is 0 Å². The fourth-order valence-corrected chi connectivity index (χ4v) is 4.87. The van der Waals surface area contributed by atoms with E-state index < -0.39 is 0 Å². The Morgan fingerprint density at radius 1 is 1.00 bits per heavy atom. The number of rotatable bonds is 8. The number of fused-ring (bicyclic) bond motifs is 1. The highest BCUT2D eigenvalue weighted by atomic mass is 32.1. The van der Waals surface area contributed by atoms with E-state index in [0.717, 1.165) is 24.8 Å². The van der Waals surface area contributed by atoms with Gasteiger partial charge in [-0.1, -0.05) is 54.6 Å². The highest BCUT2D eigenvalue weighted by Crippen LogP contribution is 2.23. The summed E-state index contributed by atoms with van der Waals surface area (Å²) in [6, 6.07) is 21.3. The molecule has 1 atom stereocenters. The van der Waals surface area contributed by atoms with Crippen molar-refractivity contribution in [1.82, 2.24) is 19.5 Å². The smallest absolute Gasteiger partial charge is 0.279 e. The lowest BCUT2D eigenvalue weighted by atomic mass is 10.1. The molecule has 0 aliphatic carbocycles. The lowest BCUT2D eigenvalue weighted by Crippen LogP contribution is -2.14. The second-order valence-electron chi connectivity index (χ2n) is 8.45. The van der Waals surface area contributed by atoms with Gasteiger partial charge in [0.2, 0.25) is 0 Å². The summed E-state index contributed by atoms with van der Waals surface area (Å²) in [5.74, 6) is 0.661. The Morgan fingerprint density at radius 3 is 2.58 bits per heavy atom. The second-order valence-corrected chi connectivity index (χ2v) is 9.23. The normalized spacial score (nSPS) is 12.3. The van der Waals surface area contributed by atoms with Gasteiger partial charge in [-0.15, -0.1) is 0 Å². The van der Waals surface area contributed by atoms with Crippen molar-refractivity contribution in [3.63, 3.8) is 0 Å². The average molecular weight is 455 g/mol. The van der Waals surface area contributed by atoms with E-state index in [2.05, 4.69) is 82.2 Å². The second kappa shape index (κ2) is 9.55. The summed E-state index contributed by atoms with van der Waals surface area (Å²) in [5, 5.41) is 4.23. The Labute approximate surface area is 196 Å². The van der Waals surface area contributed by atoms with Crippen molar-refractivity contribution in [3.05, 3.63) is 105 Å². The first-order chi connectivity index (χ1) is 16.2. The van der Waals surface area contributed by atoms with Crippen LogP contribution in [0.2, 0.25) is 0 Å². The van der Waals surface area contributed by atoms with Gasteiger partial charge < -0.3 is 9.55 Å². The molecule has 5 nitrogen and oxygen atoms in total. The summed E-state index contributed by atoms with van der Waals surface area (Å²) in [6.07, 6.45) is 5.42. The Bertz CT molecular complexity index is 1390. The molecule has 0 spiro atoms. The third kappa shape index (κ3) is 4.81. The topological polar surface area (TPSA) is 63.6 Å². The van der Waals surface area contributed by atoms with E-state index in [1.54, 1.807) is 17.7 Å². The molecule has 0 saturated heterocycles. The number of H-pyrrole nitrogens is 1. The van der Waals surface area contributed by atoms with E-state index in [9.17, 15) is 4.79 Å². The van der Waals surface area contributed by atoms with Crippen molar-refractivity contribution in [2.24, 2.45) is 0 Å². The Hall–Kier alpha value is -3.51. The minimum atomic E-state index is -0.180. The predicted molar refractivity (Wildman–Crippen MR) is 135 cm³/mol. The van der Waals surface area contributed by atoms with Crippen molar-refractivity contribution < 1.29 is 0 Å². The molecule has 3 heterocycles. The number of aromatic nitrogens is 4. The number of hydrogen-bond acceptors (Lipinski definition) is 4. The third-order valence-corrected chi connectivity index (χ3v) is 6.75. The maximum atomic E-state index is 12.7. The van der Waals surface area contributed by atoms with Gasteiger partial charge in [-0.25, -0.2) is 9.97 Å². The SMILES string of the molecule is CC(CCCc1ccccc1)n1cnc2c(=O)[nH]c(Cc3ccc(-c4ccsc4)cc3)nc21. The molecule has 1 N–H and O–H groups in total. The number of aromatic amines is 1. The van der Waals surface area contributed by atoms with Crippen LogP contribution in [0, 0.1) is 0 Å². The van der Waals surface area contributed by atoms with Gasteiger partial charge in [0.1, 0.15) is 5.82 Å². The molecular formula is C27H26N4OS. The fourth-order valence-electron chi connectivity index (χ4n) is 4.20. The van der Waals surface area contributed by atoms with Gasteiger partial charge in [0.15, 0.2) is 11.2 Å². The number of nitrogens with zero attached hydrogens (tertiary/aromatic N) is 3. The molecule has 0 aliphatic heterocycles. The molecule has 166 valence electrons. The number of nitrogens with one attached hydrogen (secondary N) is 1. The lowest BCUT2D eigenvalue weighted by molar-refractivity contribution is 0.496. The van der Waals surface area contributed by atoms with Gasteiger partial charge in [-0.05, 0) is 65.3 Å². The number of imidazole rings is 1. The number of hydrogen-bond donors (Lipinski definition) is 1. The van der Waals surface area contributed by atoms with Gasteiger partial charge in [-0.2, -0.15) is 11.3 Å². The van der Waals surface area contributed by atoms with Gasteiger partial charge in [0, 0.05) is 12.5 Å². The van der Waals surface area contributed by atoms with Crippen LogP contribution in [0.15, 0.2) is 82.5 Å². The maximum absolute atomic E-state index is 12.7. The molecule has 0 bridgehead atoms. The van der Waals surface area contributed by atoms with E-state index in [0.29, 0.717) is 23.4 Å². The van der Waals surface area contributed by atoms with Crippen LogP contribution in [0.25, 0.3) is 22.3 Å². The number of thiophene rings is 1. The molecule has 0 amide bonds. The lowest BCUT2D eigenvalue weighted by Gasteiger charge is -2.14. The minimum Gasteiger partial charge on any atom is -0.312 e. The van der Waals surface area contributed by atoms with Crippen LogP contribution in [0.3, 0.4) is 0 Å². The molecule has 0 aliphatic rings. The standard InChI is InChI=1S/C27H26N4OS/c1-19(6-5-9-20-7-3-2-4-8-20)31-18-28-25-26(31)29-24(30-27(25)32)16-21-10-12-22(13-11-21)23-14-15-33-17-23/h2-4,7-8,10-15,17-19H,5-6,9,16H2,1H3,(H,29,30,32). The molecule has 0 radical (unpaired) electrons. The predicted octanol–water partition coefficient (Wildman–Crippen LogP) is 6.02. The van der Waals surface area contributed by atoms with Crippen molar-refractivity contribution in [1.29, 1.82) is 0 Å². The molecule has 6 heteroatoms. The molecule has 3 aromatic heterocycles. The highest BCUT2D eigenvalue weighted by molar-refractivity contribution is 7.08. The van der Waals surface area contributed by atoms with Gasteiger partial charge in [-0.3, -0.25) is 4.79 Å². The zero-order chi connectivity index (χ0) is 22.6. The first-order valence-electron chi connectivity index (χ1n) is 11.3. The van der Waals surface area contributed by atoms with Crippen molar-refractivity contribution in [3.8, 4) is 11.1 Å². The molecule has 33 heavy (non-hydrogen) atoms. The maximum Gasteiger partial charge on any atom is 0.279 e. The highest BCUT2D eigenvalue weighted by Gasteiger charge is 2.15. The monoisotopic (exact) mass is 454 g/mol. The van der Waals surface area contributed by atoms with Crippen LogP contribution < -0.4 is 5.56 Å². The molecule has 1 unspecified atom stereocenters. The first-order valence-corrected chi connectivity index (χ1v) is 12.2. The Morgan fingerprint density at radius 2 is 1.82 bits per heavy atom. The van der Waals surface area contributed by atoms with Crippen LogP contribution in [0.1, 0.15) is 42.8 Å². The van der Waals surface area contributed by atoms with Gasteiger partial charge in [0.05, 0.1) is 6.33 Å². The van der Waals surface area contributed by atoms with E-state index in [1.165, 1.54) is 16.7 Å².